The SMILES string of the molecule is CC(C)COc1cccc(NC(=O)c2ccn(C3CCCNC3)n2)c1.Cl. The zero-order valence-corrected chi connectivity index (χ0v) is 16.1. The normalized spacial score (nSPS) is 16.8. The molecule has 1 fully saturated rings. The molecule has 142 valence electrons. The Morgan fingerprint density at radius 1 is 1.42 bits per heavy atom. The number of benzene rings is 1. The lowest BCUT2D eigenvalue weighted by atomic mass is 10.1. The highest BCUT2D eigenvalue weighted by atomic mass is 35.5. The number of hydrogen-bond donors (Lipinski definition) is 2. The van der Waals surface area contributed by atoms with Crippen LogP contribution >= 0.6 is 12.4 Å². The van der Waals surface area contributed by atoms with Gasteiger partial charge in [-0.15, -0.1) is 12.4 Å². The highest BCUT2D eigenvalue weighted by Gasteiger charge is 2.17. The smallest absolute Gasteiger partial charge is 0.276 e. The van der Waals surface area contributed by atoms with Crippen molar-refractivity contribution < 1.29 is 9.53 Å². The molecule has 0 aliphatic carbocycles. The van der Waals surface area contributed by atoms with Gasteiger partial charge >= 0.3 is 0 Å². The fraction of sp³-hybridized carbons (Fsp3) is 0.474. The fourth-order valence-corrected chi connectivity index (χ4v) is 2.84. The van der Waals surface area contributed by atoms with E-state index in [9.17, 15) is 4.79 Å². The van der Waals surface area contributed by atoms with Gasteiger partial charge in [0.25, 0.3) is 5.91 Å². The lowest BCUT2D eigenvalue weighted by Crippen LogP contribution is -2.32. The lowest BCUT2D eigenvalue weighted by Gasteiger charge is -2.22. The van der Waals surface area contributed by atoms with Gasteiger partial charge in [0.2, 0.25) is 0 Å². The molecule has 1 aromatic carbocycles. The molecule has 0 spiro atoms. The Balaban J connectivity index is 0.00000243. The molecule has 0 radical (unpaired) electrons. The molecule has 1 unspecified atom stereocenters. The average Bonchev–Trinajstić information content (AvgIpc) is 3.11. The first-order chi connectivity index (χ1) is 12.1. The minimum absolute atomic E-state index is 0. The summed E-state index contributed by atoms with van der Waals surface area (Å²) in [5, 5.41) is 10.7. The van der Waals surface area contributed by atoms with Gasteiger partial charge in [0.15, 0.2) is 5.69 Å². The van der Waals surface area contributed by atoms with Crippen LogP contribution in [0.1, 0.15) is 43.2 Å². The van der Waals surface area contributed by atoms with Gasteiger partial charge < -0.3 is 15.4 Å². The van der Waals surface area contributed by atoms with E-state index in [0.29, 0.717) is 29.9 Å². The number of hydrogen-bond acceptors (Lipinski definition) is 4. The van der Waals surface area contributed by atoms with Gasteiger partial charge in [-0.2, -0.15) is 5.10 Å². The first kappa shape index (κ1) is 20.3. The molecule has 1 saturated heterocycles. The summed E-state index contributed by atoms with van der Waals surface area (Å²) in [6.45, 7) is 6.81. The van der Waals surface area contributed by atoms with Crippen LogP contribution in [0, 0.1) is 5.92 Å². The number of nitrogens with one attached hydrogen (secondary N) is 2. The van der Waals surface area contributed by atoms with E-state index in [1.54, 1.807) is 6.07 Å². The van der Waals surface area contributed by atoms with Gasteiger partial charge in [0.1, 0.15) is 5.75 Å². The van der Waals surface area contributed by atoms with Crippen LogP contribution in [0.5, 0.6) is 5.75 Å². The zero-order valence-electron chi connectivity index (χ0n) is 15.3. The second-order valence-corrected chi connectivity index (χ2v) is 6.87. The quantitative estimate of drug-likeness (QED) is 0.807. The maximum Gasteiger partial charge on any atom is 0.276 e. The standard InChI is InChI=1S/C19H26N4O2.ClH/c1-14(2)13-25-17-7-3-5-15(11-17)21-19(24)18-8-10-23(22-18)16-6-4-9-20-12-16;/h3,5,7-8,10-11,14,16,20H,4,6,9,12-13H2,1-2H3,(H,21,24);1H. The Bertz CT molecular complexity index is 711. The van der Waals surface area contributed by atoms with Crippen molar-refractivity contribution in [2.45, 2.75) is 32.7 Å². The van der Waals surface area contributed by atoms with Crippen molar-refractivity contribution in [2.75, 3.05) is 25.0 Å². The molecule has 0 bridgehead atoms. The largest absolute Gasteiger partial charge is 0.493 e. The summed E-state index contributed by atoms with van der Waals surface area (Å²) in [5.74, 6) is 1.00. The monoisotopic (exact) mass is 378 g/mol. The third-order valence-electron chi connectivity index (χ3n) is 4.16. The van der Waals surface area contributed by atoms with Crippen LogP contribution in [0.4, 0.5) is 5.69 Å². The molecule has 3 rings (SSSR count). The summed E-state index contributed by atoms with van der Waals surface area (Å²) >= 11 is 0. The van der Waals surface area contributed by atoms with E-state index < -0.39 is 0 Å². The van der Waals surface area contributed by atoms with Crippen LogP contribution in [0.3, 0.4) is 0 Å². The molecule has 26 heavy (non-hydrogen) atoms. The van der Waals surface area contributed by atoms with E-state index in [0.717, 1.165) is 31.7 Å². The number of rotatable bonds is 6. The van der Waals surface area contributed by atoms with E-state index >= 15 is 0 Å². The lowest BCUT2D eigenvalue weighted by molar-refractivity contribution is 0.102. The van der Waals surface area contributed by atoms with Crippen molar-refractivity contribution in [3.8, 4) is 5.75 Å². The van der Waals surface area contributed by atoms with Crippen molar-refractivity contribution in [1.82, 2.24) is 15.1 Å². The Kier molecular flexibility index (Phi) is 7.48. The molecule has 1 atom stereocenters. The number of ether oxygens (including phenoxy) is 1. The fourth-order valence-electron chi connectivity index (χ4n) is 2.84. The summed E-state index contributed by atoms with van der Waals surface area (Å²) in [6, 6.07) is 9.54. The number of nitrogens with zero attached hydrogens (tertiary/aromatic N) is 2. The summed E-state index contributed by atoms with van der Waals surface area (Å²) in [5.41, 5.74) is 1.14. The predicted octanol–water partition coefficient (Wildman–Crippen LogP) is 3.52. The van der Waals surface area contributed by atoms with Crippen LogP contribution in [0.15, 0.2) is 36.5 Å². The molecule has 2 heterocycles. The van der Waals surface area contributed by atoms with E-state index in [1.807, 2.05) is 35.1 Å². The third kappa shape index (κ3) is 5.47. The second kappa shape index (κ2) is 9.59. The summed E-state index contributed by atoms with van der Waals surface area (Å²) in [7, 11) is 0. The molecule has 6 nitrogen and oxygen atoms in total. The van der Waals surface area contributed by atoms with Crippen LogP contribution in [-0.2, 0) is 0 Å². The highest BCUT2D eigenvalue weighted by molar-refractivity contribution is 6.02. The average molecular weight is 379 g/mol. The number of carbonyl (C=O) groups is 1. The van der Waals surface area contributed by atoms with E-state index in [2.05, 4.69) is 29.6 Å². The third-order valence-corrected chi connectivity index (χ3v) is 4.16. The van der Waals surface area contributed by atoms with Crippen molar-refractivity contribution in [3.05, 3.63) is 42.2 Å². The van der Waals surface area contributed by atoms with Gasteiger partial charge in [-0.25, -0.2) is 0 Å². The first-order valence-corrected chi connectivity index (χ1v) is 8.92. The Morgan fingerprint density at radius 3 is 3.00 bits per heavy atom. The van der Waals surface area contributed by atoms with Crippen molar-refractivity contribution in [1.29, 1.82) is 0 Å². The molecule has 1 aromatic heterocycles. The maximum atomic E-state index is 12.4. The van der Waals surface area contributed by atoms with Gasteiger partial charge in [-0.05, 0) is 43.5 Å². The van der Waals surface area contributed by atoms with Crippen LogP contribution < -0.4 is 15.4 Å². The van der Waals surface area contributed by atoms with Crippen LogP contribution in [0.25, 0.3) is 0 Å². The first-order valence-electron chi connectivity index (χ1n) is 8.92. The highest BCUT2D eigenvalue weighted by Crippen LogP contribution is 2.19. The Morgan fingerprint density at radius 2 is 2.27 bits per heavy atom. The van der Waals surface area contributed by atoms with Crippen molar-refractivity contribution in [3.63, 3.8) is 0 Å². The van der Waals surface area contributed by atoms with Crippen LogP contribution in [-0.4, -0.2) is 35.4 Å². The van der Waals surface area contributed by atoms with Gasteiger partial charge in [-0.3, -0.25) is 9.48 Å². The molecule has 2 aromatic rings. The number of halogens is 1. The zero-order chi connectivity index (χ0) is 17.6. The molecule has 0 saturated carbocycles. The molecular weight excluding hydrogens is 352 g/mol. The molecule has 1 aliphatic heterocycles. The summed E-state index contributed by atoms with van der Waals surface area (Å²) in [4.78, 5) is 12.4. The minimum Gasteiger partial charge on any atom is -0.493 e. The Hall–Kier alpha value is -2.05. The number of amides is 1. The number of piperidine rings is 1. The van der Waals surface area contributed by atoms with Crippen molar-refractivity contribution >= 4 is 24.0 Å². The van der Waals surface area contributed by atoms with Gasteiger partial charge in [0, 0.05) is 24.5 Å². The van der Waals surface area contributed by atoms with E-state index in [4.69, 9.17) is 4.74 Å². The van der Waals surface area contributed by atoms with E-state index in [1.165, 1.54) is 0 Å². The second-order valence-electron chi connectivity index (χ2n) is 6.87. The number of carbonyl (C=O) groups excluding carboxylic acids is 1. The minimum atomic E-state index is -0.205. The molecule has 1 aliphatic rings. The summed E-state index contributed by atoms with van der Waals surface area (Å²) in [6.07, 6.45) is 4.11. The van der Waals surface area contributed by atoms with Crippen molar-refractivity contribution in [2.24, 2.45) is 5.92 Å². The van der Waals surface area contributed by atoms with Gasteiger partial charge in [-0.1, -0.05) is 19.9 Å². The summed E-state index contributed by atoms with van der Waals surface area (Å²) < 4.78 is 7.59. The molecular formula is C19H27ClN4O2. The molecule has 7 heteroatoms. The molecule has 2 N–H and O–H groups in total. The number of anilines is 1. The molecule has 1 amide bonds. The predicted molar refractivity (Wildman–Crippen MR) is 105 cm³/mol. The van der Waals surface area contributed by atoms with Gasteiger partial charge in [0.05, 0.1) is 12.6 Å². The van der Waals surface area contributed by atoms with E-state index in [-0.39, 0.29) is 18.3 Å². The topological polar surface area (TPSA) is 68.2 Å². The Labute approximate surface area is 160 Å². The number of aromatic nitrogens is 2. The van der Waals surface area contributed by atoms with Crippen LogP contribution in [0.2, 0.25) is 0 Å². The maximum absolute atomic E-state index is 12.4.